The lowest BCUT2D eigenvalue weighted by Gasteiger charge is -2.62. The third-order valence-electron chi connectivity index (χ3n) is 10.9. The molecule has 162 valence electrons. The molecule has 9 atom stereocenters. The van der Waals surface area contributed by atoms with Crippen LogP contribution in [-0.2, 0) is 0 Å². The third kappa shape index (κ3) is 3.40. The fourth-order valence-electron chi connectivity index (χ4n) is 9.29. The third-order valence-corrected chi connectivity index (χ3v) is 11.5. The van der Waals surface area contributed by atoms with Crippen molar-refractivity contribution in [1.82, 2.24) is 0 Å². The van der Waals surface area contributed by atoms with Gasteiger partial charge in [0.2, 0.25) is 0 Å². The number of hydrogen-bond donors (Lipinski definition) is 0. The second-order valence-corrected chi connectivity index (χ2v) is 13.0. The Morgan fingerprint density at radius 1 is 0.857 bits per heavy atom. The standard InChI is InChI=1S/C27H47Cl/c1-18(2)8-6-9-19(3)22-14-15-23-21-13-12-20-10-7-11-25(28)27(20,5)24(21)16-17-26(22,23)4/h18-25H,6-17H2,1-5H3/t19-,20+,21+,22-,23-,24-,25?,26+,27-/m0/s1. The second-order valence-electron chi connectivity index (χ2n) is 12.4. The molecule has 0 bridgehead atoms. The van der Waals surface area contributed by atoms with Crippen LogP contribution in [0.5, 0.6) is 0 Å². The first-order chi connectivity index (χ1) is 13.3. The molecule has 4 aliphatic rings. The highest BCUT2D eigenvalue weighted by Crippen LogP contribution is 2.68. The Hall–Kier alpha value is 0.290. The Morgan fingerprint density at radius 3 is 2.39 bits per heavy atom. The molecule has 28 heavy (non-hydrogen) atoms. The number of rotatable bonds is 5. The molecule has 0 aromatic heterocycles. The van der Waals surface area contributed by atoms with Crippen LogP contribution in [0.4, 0.5) is 0 Å². The van der Waals surface area contributed by atoms with Crippen molar-refractivity contribution in [3.63, 3.8) is 0 Å². The zero-order valence-electron chi connectivity index (χ0n) is 19.5. The van der Waals surface area contributed by atoms with Crippen LogP contribution < -0.4 is 0 Å². The number of halogens is 1. The van der Waals surface area contributed by atoms with Crippen molar-refractivity contribution < 1.29 is 0 Å². The maximum Gasteiger partial charge on any atom is 0.0395 e. The van der Waals surface area contributed by atoms with E-state index in [0.29, 0.717) is 16.2 Å². The highest BCUT2D eigenvalue weighted by Gasteiger charge is 2.61. The van der Waals surface area contributed by atoms with Gasteiger partial charge in [-0.3, -0.25) is 0 Å². The molecule has 4 fully saturated rings. The fourth-order valence-corrected chi connectivity index (χ4v) is 9.79. The van der Waals surface area contributed by atoms with Gasteiger partial charge in [0.05, 0.1) is 0 Å². The van der Waals surface area contributed by atoms with Gasteiger partial charge in [0, 0.05) is 5.38 Å². The van der Waals surface area contributed by atoms with Crippen molar-refractivity contribution in [1.29, 1.82) is 0 Å². The lowest BCUT2D eigenvalue weighted by molar-refractivity contribution is -0.112. The molecular formula is C27H47Cl. The topological polar surface area (TPSA) is 0 Å². The van der Waals surface area contributed by atoms with E-state index < -0.39 is 0 Å². The molecule has 0 spiro atoms. The summed E-state index contributed by atoms with van der Waals surface area (Å²) in [7, 11) is 0. The van der Waals surface area contributed by atoms with Gasteiger partial charge in [-0.1, -0.05) is 60.3 Å². The van der Waals surface area contributed by atoms with E-state index >= 15 is 0 Å². The molecular weight excluding hydrogens is 360 g/mol. The van der Waals surface area contributed by atoms with Gasteiger partial charge in [-0.15, -0.1) is 11.6 Å². The van der Waals surface area contributed by atoms with Crippen LogP contribution in [0, 0.1) is 52.3 Å². The average Bonchev–Trinajstić information content (AvgIpc) is 3.00. The molecule has 1 heteroatoms. The van der Waals surface area contributed by atoms with Gasteiger partial charge in [0.1, 0.15) is 0 Å². The highest BCUT2D eigenvalue weighted by molar-refractivity contribution is 6.21. The zero-order chi connectivity index (χ0) is 20.1. The molecule has 0 heterocycles. The van der Waals surface area contributed by atoms with Gasteiger partial charge in [-0.05, 0) is 104 Å². The first kappa shape index (κ1) is 21.5. The van der Waals surface area contributed by atoms with Crippen LogP contribution in [0.3, 0.4) is 0 Å². The van der Waals surface area contributed by atoms with Crippen molar-refractivity contribution >= 4 is 11.6 Å². The molecule has 0 saturated heterocycles. The molecule has 0 nitrogen and oxygen atoms in total. The molecule has 4 saturated carbocycles. The van der Waals surface area contributed by atoms with Crippen LogP contribution >= 0.6 is 11.6 Å². The number of hydrogen-bond acceptors (Lipinski definition) is 0. The second kappa shape index (κ2) is 8.09. The summed E-state index contributed by atoms with van der Waals surface area (Å²) in [6.07, 6.45) is 17.4. The lowest BCUT2D eigenvalue weighted by Crippen LogP contribution is -2.56. The van der Waals surface area contributed by atoms with Crippen molar-refractivity contribution in [2.45, 2.75) is 117 Å². The highest BCUT2D eigenvalue weighted by atomic mass is 35.5. The molecule has 4 aliphatic carbocycles. The van der Waals surface area contributed by atoms with E-state index in [-0.39, 0.29) is 0 Å². The van der Waals surface area contributed by atoms with Gasteiger partial charge < -0.3 is 0 Å². The number of alkyl halides is 1. The maximum absolute atomic E-state index is 7.09. The van der Waals surface area contributed by atoms with Crippen LogP contribution in [0.1, 0.15) is 112 Å². The van der Waals surface area contributed by atoms with Crippen molar-refractivity contribution in [2.24, 2.45) is 52.3 Å². The van der Waals surface area contributed by atoms with Gasteiger partial charge >= 0.3 is 0 Å². The smallest absolute Gasteiger partial charge is 0.0395 e. The van der Waals surface area contributed by atoms with Crippen molar-refractivity contribution in [3.05, 3.63) is 0 Å². The van der Waals surface area contributed by atoms with Crippen molar-refractivity contribution in [2.75, 3.05) is 0 Å². The summed E-state index contributed by atoms with van der Waals surface area (Å²) in [5.41, 5.74) is 1.06. The van der Waals surface area contributed by atoms with Gasteiger partial charge in [0.25, 0.3) is 0 Å². The Balaban J connectivity index is 1.49. The molecule has 1 unspecified atom stereocenters. The van der Waals surface area contributed by atoms with Gasteiger partial charge in [0.15, 0.2) is 0 Å². The summed E-state index contributed by atoms with van der Waals surface area (Å²) in [5.74, 6) is 6.58. The molecule has 0 N–H and O–H groups in total. The Labute approximate surface area is 181 Å². The van der Waals surface area contributed by atoms with Gasteiger partial charge in [-0.2, -0.15) is 0 Å². The monoisotopic (exact) mass is 406 g/mol. The van der Waals surface area contributed by atoms with E-state index in [1.165, 1.54) is 77.0 Å². The largest absolute Gasteiger partial charge is 0.122 e. The summed E-state index contributed by atoms with van der Waals surface area (Å²) in [5, 5.41) is 0.440. The van der Waals surface area contributed by atoms with E-state index in [4.69, 9.17) is 11.6 Å². The van der Waals surface area contributed by atoms with Crippen LogP contribution in [0.25, 0.3) is 0 Å². The van der Waals surface area contributed by atoms with E-state index in [2.05, 4.69) is 34.6 Å². The molecule has 0 aromatic carbocycles. The summed E-state index contributed by atoms with van der Waals surface area (Å²) in [6, 6.07) is 0. The Morgan fingerprint density at radius 2 is 1.64 bits per heavy atom. The maximum atomic E-state index is 7.09. The van der Waals surface area contributed by atoms with E-state index in [9.17, 15) is 0 Å². The Kier molecular flexibility index (Phi) is 6.22. The minimum Gasteiger partial charge on any atom is -0.122 e. The van der Waals surface area contributed by atoms with Crippen molar-refractivity contribution in [3.8, 4) is 0 Å². The molecule has 0 radical (unpaired) electrons. The molecule has 0 aromatic rings. The molecule has 0 aliphatic heterocycles. The summed E-state index contributed by atoms with van der Waals surface area (Å²) in [4.78, 5) is 0. The number of fused-ring (bicyclic) bond motifs is 5. The zero-order valence-corrected chi connectivity index (χ0v) is 20.2. The first-order valence-corrected chi connectivity index (χ1v) is 13.4. The van der Waals surface area contributed by atoms with Gasteiger partial charge in [-0.25, -0.2) is 0 Å². The normalized spacial score (nSPS) is 49.4. The summed E-state index contributed by atoms with van der Waals surface area (Å²) in [6.45, 7) is 12.7. The van der Waals surface area contributed by atoms with E-state index in [1.54, 1.807) is 0 Å². The fraction of sp³-hybridized carbons (Fsp3) is 1.00. The minimum atomic E-state index is 0.436. The van der Waals surface area contributed by atoms with Crippen LogP contribution in [0.2, 0.25) is 0 Å². The van der Waals surface area contributed by atoms with Crippen LogP contribution in [0.15, 0.2) is 0 Å². The molecule has 4 rings (SSSR count). The predicted octanol–water partition coefficient (Wildman–Crippen LogP) is 8.72. The summed E-state index contributed by atoms with van der Waals surface area (Å²) >= 11 is 7.09. The average molecular weight is 407 g/mol. The quantitative estimate of drug-likeness (QED) is 0.400. The van der Waals surface area contributed by atoms with Crippen LogP contribution in [-0.4, -0.2) is 5.38 Å². The minimum absolute atomic E-state index is 0.436. The Bertz CT molecular complexity index is 540. The lowest BCUT2D eigenvalue weighted by atomic mass is 9.44. The van der Waals surface area contributed by atoms with E-state index in [1.807, 2.05) is 0 Å². The molecule has 0 amide bonds. The summed E-state index contributed by atoms with van der Waals surface area (Å²) < 4.78 is 0. The van der Waals surface area contributed by atoms with E-state index in [0.717, 1.165) is 41.4 Å². The predicted molar refractivity (Wildman–Crippen MR) is 123 cm³/mol. The SMILES string of the molecule is CC(C)CCC[C@H](C)[C@@H]1CC[C@H]2[C@H]3CC[C@H]4CCCC(Cl)[C@]4(C)[C@H]3CC[C@@]21C. The first-order valence-electron chi connectivity index (χ1n) is 12.9.